The molecular weight excluding hydrogens is 359 g/mol. The van der Waals surface area contributed by atoms with Crippen molar-refractivity contribution in [1.82, 2.24) is 4.72 Å². The van der Waals surface area contributed by atoms with Crippen LogP contribution >= 0.6 is 0 Å². The quantitative estimate of drug-likeness (QED) is 0.737. The Kier molecular flexibility index (Phi) is 6.70. The van der Waals surface area contributed by atoms with Crippen LogP contribution in [0.3, 0.4) is 0 Å². The number of carbonyl (C=O) groups is 1. The summed E-state index contributed by atoms with van der Waals surface area (Å²) in [4.78, 5) is 12.3. The molecule has 2 N–H and O–H groups in total. The van der Waals surface area contributed by atoms with Gasteiger partial charge in [-0.05, 0) is 50.2 Å². The summed E-state index contributed by atoms with van der Waals surface area (Å²) in [5, 5.41) is 2.70. The molecule has 0 aromatic heterocycles. The molecule has 0 saturated heterocycles. The molecule has 0 radical (unpaired) electrons. The lowest BCUT2D eigenvalue weighted by Crippen LogP contribution is -2.18. The first kappa shape index (κ1) is 19.9. The molecule has 8 heteroatoms. The molecule has 0 saturated carbocycles. The SMILES string of the molecule is CCOc1cc(F)ccc1NC(=O)CCc1ccc(S(=O)(=O)NC)cc1. The standard InChI is InChI=1S/C18H21FN2O4S/c1-3-25-17-12-14(19)7-10-16(17)21-18(22)11-6-13-4-8-15(9-5-13)26(23,24)20-2/h4-5,7-10,12,20H,3,6,11H2,1-2H3,(H,21,22). The second kappa shape index (κ2) is 8.77. The zero-order valence-electron chi connectivity index (χ0n) is 14.6. The van der Waals surface area contributed by atoms with E-state index in [0.29, 0.717) is 18.7 Å². The molecule has 0 bridgehead atoms. The lowest BCUT2D eigenvalue weighted by atomic mass is 10.1. The van der Waals surface area contributed by atoms with E-state index in [1.807, 2.05) is 0 Å². The van der Waals surface area contributed by atoms with E-state index < -0.39 is 15.8 Å². The highest BCUT2D eigenvalue weighted by Crippen LogP contribution is 2.25. The predicted molar refractivity (Wildman–Crippen MR) is 97.2 cm³/mol. The molecule has 0 aliphatic carbocycles. The summed E-state index contributed by atoms with van der Waals surface area (Å²) < 4.78 is 44.2. The van der Waals surface area contributed by atoms with E-state index in [4.69, 9.17) is 4.74 Å². The van der Waals surface area contributed by atoms with E-state index >= 15 is 0 Å². The fraction of sp³-hybridized carbons (Fsp3) is 0.278. The highest BCUT2D eigenvalue weighted by molar-refractivity contribution is 7.89. The normalized spacial score (nSPS) is 11.2. The Labute approximate surface area is 152 Å². The van der Waals surface area contributed by atoms with Crippen molar-refractivity contribution >= 4 is 21.6 Å². The Balaban J connectivity index is 1.97. The van der Waals surface area contributed by atoms with Crippen molar-refractivity contribution < 1.29 is 22.3 Å². The fourth-order valence-electron chi connectivity index (χ4n) is 2.30. The van der Waals surface area contributed by atoms with E-state index in [1.54, 1.807) is 19.1 Å². The summed E-state index contributed by atoms with van der Waals surface area (Å²) in [7, 11) is -2.13. The highest BCUT2D eigenvalue weighted by atomic mass is 32.2. The Hall–Kier alpha value is -2.45. The van der Waals surface area contributed by atoms with Crippen LogP contribution in [0.2, 0.25) is 0 Å². The van der Waals surface area contributed by atoms with Crippen molar-refractivity contribution in [3.05, 3.63) is 53.8 Å². The molecule has 2 aromatic rings. The van der Waals surface area contributed by atoms with Gasteiger partial charge in [0.15, 0.2) is 0 Å². The first-order valence-corrected chi connectivity index (χ1v) is 9.58. The van der Waals surface area contributed by atoms with Crippen molar-refractivity contribution in [2.75, 3.05) is 19.0 Å². The van der Waals surface area contributed by atoms with Gasteiger partial charge in [-0.2, -0.15) is 0 Å². The van der Waals surface area contributed by atoms with Gasteiger partial charge in [0, 0.05) is 12.5 Å². The van der Waals surface area contributed by atoms with E-state index in [2.05, 4.69) is 10.0 Å². The minimum absolute atomic E-state index is 0.167. The third-order valence-electron chi connectivity index (χ3n) is 3.66. The van der Waals surface area contributed by atoms with Crippen molar-refractivity contribution in [3.8, 4) is 5.75 Å². The van der Waals surface area contributed by atoms with Gasteiger partial charge in [-0.15, -0.1) is 0 Å². The average molecular weight is 380 g/mol. The zero-order valence-corrected chi connectivity index (χ0v) is 15.4. The number of halogens is 1. The molecule has 140 valence electrons. The topological polar surface area (TPSA) is 84.5 Å². The van der Waals surface area contributed by atoms with Crippen molar-refractivity contribution in [2.24, 2.45) is 0 Å². The zero-order chi connectivity index (χ0) is 19.2. The van der Waals surface area contributed by atoms with Crippen molar-refractivity contribution in [3.63, 3.8) is 0 Å². The number of carbonyl (C=O) groups excluding carboxylic acids is 1. The Bertz CT molecular complexity index is 867. The van der Waals surface area contributed by atoms with Crippen LogP contribution in [0.4, 0.5) is 10.1 Å². The number of anilines is 1. The molecule has 26 heavy (non-hydrogen) atoms. The highest BCUT2D eigenvalue weighted by Gasteiger charge is 2.12. The summed E-state index contributed by atoms with van der Waals surface area (Å²) in [6.07, 6.45) is 0.637. The van der Waals surface area contributed by atoms with Crippen LogP contribution in [-0.2, 0) is 21.2 Å². The van der Waals surface area contributed by atoms with Gasteiger partial charge in [0.05, 0.1) is 17.2 Å². The van der Waals surface area contributed by atoms with Gasteiger partial charge in [-0.3, -0.25) is 4.79 Å². The summed E-state index contributed by atoms with van der Waals surface area (Å²) >= 11 is 0. The summed E-state index contributed by atoms with van der Waals surface area (Å²) in [5.74, 6) is -0.407. The molecule has 0 aliphatic rings. The van der Waals surface area contributed by atoms with Gasteiger partial charge in [-0.25, -0.2) is 17.5 Å². The average Bonchev–Trinajstić information content (AvgIpc) is 2.63. The first-order valence-electron chi connectivity index (χ1n) is 8.10. The second-order valence-corrected chi connectivity index (χ2v) is 7.36. The molecule has 0 atom stereocenters. The van der Waals surface area contributed by atoms with Crippen LogP contribution in [0.15, 0.2) is 47.4 Å². The van der Waals surface area contributed by atoms with Crippen molar-refractivity contribution in [1.29, 1.82) is 0 Å². The third-order valence-corrected chi connectivity index (χ3v) is 5.09. The number of aryl methyl sites for hydroxylation is 1. The number of hydrogen-bond donors (Lipinski definition) is 2. The van der Waals surface area contributed by atoms with E-state index in [0.717, 1.165) is 5.56 Å². The Morgan fingerprint density at radius 3 is 2.46 bits per heavy atom. The van der Waals surface area contributed by atoms with Gasteiger partial charge in [0.25, 0.3) is 0 Å². The number of rotatable bonds is 8. The molecule has 0 heterocycles. The maximum absolute atomic E-state index is 13.3. The predicted octanol–water partition coefficient (Wildman–Crippen LogP) is 2.70. The van der Waals surface area contributed by atoms with Gasteiger partial charge in [0.1, 0.15) is 11.6 Å². The lowest BCUT2D eigenvalue weighted by molar-refractivity contribution is -0.116. The molecule has 6 nitrogen and oxygen atoms in total. The monoisotopic (exact) mass is 380 g/mol. The summed E-state index contributed by atoms with van der Waals surface area (Å²) in [6, 6.07) is 10.2. The maximum atomic E-state index is 13.3. The van der Waals surface area contributed by atoms with Gasteiger partial charge < -0.3 is 10.1 Å². The lowest BCUT2D eigenvalue weighted by Gasteiger charge is -2.11. The van der Waals surface area contributed by atoms with Crippen LogP contribution in [0.25, 0.3) is 0 Å². The third kappa shape index (κ3) is 5.27. The molecular formula is C18H21FN2O4S. The molecule has 2 aromatic carbocycles. The molecule has 0 fully saturated rings. The number of sulfonamides is 1. The number of benzene rings is 2. The van der Waals surface area contributed by atoms with Crippen LogP contribution in [-0.4, -0.2) is 28.0 Å². The summed E-state index contributed by atoms with van der Waals surface area (Å²) in [6.45, 7) is 2.13. The van der Waals surface area contributed by atoms with Crippen LogP contribution in [0, 0.1) is 5.82 Å². The molecule has 1 amide bonds. The molecule has 0 aliphatic heterocycles. The van der Waals surface area contributed by atoms with E-state index in [9.17, 15) is 17.6 Å². The largest absolute Gasteiger partial charge is 0.492 e. The van der Waals surface area contributed by atoms with Gasteiger partial charge in [-0.1, -0.05) is 12.1 Å². The van der Waals surface area contributed by atoms with Crippen LogP contribution < -0.4 is 14.8 Å². The minimum Gasteiger partial charge on any atom is -0.492 e. The second-order valence-electron chi connectivity index (χ2n) is 5.47. The molecule has 2 rings (SSSR count). The molecule has 0 unspecified atom stereocenters. The van der Waals surface area contributed by atoms with Crippen LogP contribution in [0.1, 0.15) is 18.9 Å². The molecule has 0 spiro atoms. The van der Waals surface area contributed by atoms with E-state index in [-0.39, 0.29) is 23.0 Å². The first-order chi connectivity index (χ1) is 12.4. The smallest absolute Gasteiger partial charge is 0.240 e. The van der Waals surface area contributed by atoms with E-state index in [1.165, 1.54) is 37.4 Å². The number of hydrogen-bond acceptors (Lipinski definition) is 4. The van der Waals surface area contributed by atoms with Gasteiger partial charge in [0.2, 0.25) is 15.9 Å². The maximum Gasteiger partial charge on any atom is 0.240 e. The number of amides is 1. The minimum atomic E-state index is -3.47. The van der Waals surface area contributed by atoms with Crippen LogP contribution in [0.5, 0.6) is 5.75 Å². The fourth-order valence-corrected chi connectivity index (χ4v) is 3.03. The van der Waals surface area contributed by atoms with Crippen molar-refractivity contribution in [2.45, 2.75) is 24.7 Å². The number of nitrogens with one attached hydrogen (secondary N) is 2. The summed E-state index contributed by atoms with van der Waals surface area (Å²) in [5.41, 5.74) is 1.24. The Morgan fingerprint density at radius 1 is 1.15 bits per heavy atom. The van der Waals surface area contributed by atoms with Gasteiger partial charge >= 0.3 is 0 Å². The Morgan fingerprint density at radius 2 is 1.85 bits per heavy atom. The number of ether oxygens (including phenoxy) is 1.